The van der Waals surface area contributed by atoms with Crippen molar-refractivity contribution in [1.82, 2.24) is 10.2 Å². The number of amides is 2. The van der Waals surface area contributed by atoms with Crippen molar-refractivity contribution in [3.8, 4) is 0 Å². The Hall–Kier alpha value is -1.60. The Balaban J connectivity index is 1.89. The maximum absolute atomic E-state index is 12.4. The van der Waals surface area contributed by atoms with Gasteiger partial charge in [0, 0.05) is 31.8 Å². The van der Waals surface area contributed by atoms with Gasteiger partial charge in [0.05, 0.1) is 11.9 Å². The van der Waals surface area contributed by atoms with Crippen LogP contribution in [0.4, 0.5) is 4.79 Å². The minimum absolute atomic E-state index is 0.0168. The number of carbonyl (C=O) groups excluding carboxylic acids is 1. The summed E-state index contributed by atoms with van der Waals surface area (Å²) in [5.74, 6) is 0.188. The molecule has 2 rings (SSSR count). The normalized spacial score (nSPS) is 20.3. The highest BCUT2D eigenvalue weighted by Gasteiger charge is 2.28. The molecule has 0 saturated carbocycles. The molecule has 0 spiro atoms. The van der Waals surface area contributed by atoms with Gasteiger partial charge in [-0.25, -0.2) is 13.2 Å². The SMILES string of the molecule is C[C@H](O)C[C@@H](CNC(=O)N1CC[C@@H](CS(C)(=O)=O)C1)c1ccccc1. The van der Waals surface area contributed by atoms with Crippen LogP contribution in [0.3, 0.4) is 0 Å². The summed E-state index contributed by atoms with van der Waals surface area (Å²) in [6.45, 7) is 3.25. The fourth-order valence-electron chi connectivity index (χ4n) is 3.38. The summed E-state index contributed by atoms with van der Waals surface area (Å²) < 4.78 is 22.8. The van der Waals surface area contributed by atoms with Crippen LogP contribution in [0.15, 0.2) is 30.3 Å². The number of aliphatic hydroxyl groups is 1. The third-order valence-corrected chi connectivity index (χ3v) is 5.58. The molecule has 140 valence electrons. The smallest absolute Gasteiger partial charge is 0.317 e. The van der Waals surface area contributed by atoms with E-state index in [4.69, 9.17) is 0 Å². The fraction of sp³-hybridized carbons (Fsp3) is 0.611. The zero-order valence-electron chi connectivity index (χ0n) is 14.9. The Morgan fingerprint density at radius 1 is 1.36 bits per heavy atom. The summed E-state index contributed by atoms with van der Waals surface area (Å²) in [5.41, 5.74) is 1.08. The molecular formula is C18H28N2O4S. The van der Waals surface area contributed by atoms with Crippen LogP contribution in [0.2, 0.25) is 0 Å². The van der Waals surface area contributed by atoms with Gasteiger partial charge in [-0.05, 0) is 31.2 Å². The zero-order chi connectivity index (χ0) is 18.4. The van der Waals surface area contributed by atoms with Crippen molar-refractivity contribution < 1.29 is 18.3 Å². The Kier molecular flexibility index (Phi) is 6.84. The van der Waals surface area contributed by atoms with E-state index in [1.54, 1.807) is 11.8 Å². The first-order valence-corrected chi connectivity index (χ1v) is 10.7. The molecule has 0 radical (unpaired) electrons. The summed E-state index contributed by atoms with van der Waals surface area (Å²) in [7, 11) is -3.02. The highest BCUT2D eigenvalue weighted by Crippen LogP contribution is 2.21. The number of nitrogens with one attached hydrogen (secondary N) is 1. The quantitative estimate of drug-likeness (QED) is 0.766. The van der Waals surface area contributed by atoms with Gasteiger partial charge in [0.2, 0.25) is 0 Å². The first-order valence-electron chi connectivity index (χ1n) is 8.68. The lowest BCUT2D eigenvalue weighted by molar-refractivity contribution is 0.171. The van der Waals surface area contributed by atoms with Gasteiger partial charge < -0.3 is 15.3 Å². The van der Waals surface area contributed by atoms with Gasteiger partial charge in [0.1, 0.15) is 9.84 Å². The van der Waals surface area contributed by atoms with Crippen molar-refractivity contribution in [3.05, 3.63) is 35.9 Å². The van der Waals surface area contributed by atoms with Crippen LogP contribution in [-0.4, -0.2) is 62.2 Å². The van der Waals surface area contributed by atoms with Gasteiger partial charge in [-0.3, -0.25) is 0 Å². The van der Waals surface area contributed by atoms with Gasteiger partial charge in [0.15, 0.2) is 0 Å². The summed E-state index contributed by atoms with van der Waals surface area (Å²) >= 11 is 0. The third-order valence-electron chi connectivity index (χ3n) is 4.51. The van der Waals surface area contributed by atoms with Gasteiger partial charge in [-0.2, -0.15) is 0 Å². The van der Waals surface area contributed by atoms with Crippen molar-refractivity contribution in [2.45, 2.75) is 31.8 Å². The molecule has 1 aromatic carbocycles. The van der Waals surface area contributed by atoms with Crippen molar-refractivity contribution in [3.63, 3.8) is 0 Å². The van der Waals surface area contributed by atoms with Crippen molar-refractivity contribution >= 4 is 15.9 Å². The topological polar surface area (TPSA) is 86.7 Å². The second-order valence-corrected chi connectivity index (χ2v) is 9.26. The first kappa shape index (κ1) is 19.7. The number of benzene rings is 1. The average Bonchev–Trinajstić information content (AvgIpc) is 2.98. The van der Waals surface area contributed by atoms with E-state index in [0.717, 1.165) is 12.0 Å². The highest BCUT2D eigenvalue weighted by molar-refractivity contribution is 7.90. The third kappa shape index (κ3) is 6.66. The molecule has 1 aliphatic rings. The molecule has 25 heavy (non-hydrogen) atoms. The van der Waals surface area contributed by atoms with E-state index in [1.165, 1.54) is 6.26 Å². The van der Waals surface area contributed by atoms with Crippen LogP contribution < -0.4 is 5.32 Å². The number of hydrogen-bond donors (Lipinski definition) is 2. The lowest BCUT2D eigenvalue weighted by Gasteiger charge is -2.22. The number of hydrogen-bond acceptors (Lipinski definition) is 4. The van der Waals surface area contributed by atoms with E-state index in [1.807, 2.05) is 30.3 Å². The molecule has 2 amide bonds. The molecule has 0 aliphatic carbocycles. The Morgan fingerprint density at radius 2 is 2.04 bits per heavy atom. The molecule has 1 fully saturated rings. The fourth-order valence-corrected chi connectivity index (χ4v) is 4.51. The van der Waals surface area contributed by atoms with Gasteiger partial charge >= 0.3 is 6.03 Å². The summed E-state index contributed by atoms with van der Waals surface area (Å²) in [6.07, 6.45) is 2.07. The number of carbonyl (C=O) groups is 1. The summed E-state index contributed by atoms with van der Waals surface area (Å²) in [5, 5.41) is 12.7. The molecule has 0 unspecified atom stereocenters. The van der Waals surface area contributed by atoms with Crippen molar-refractivity contribution in [2.75, 3.05) is 31.6 Å². The molecule has 0 aromatic heterocycles. The van der Waals surface area contributed by atoms with Crippen LogP contribution in [0, 0.1) is 5.92 Å². The van der Waals surface area contributed by atoms with E-state index >= 15 is 0 Å². The summed E-state index contributed by atoms with van der Waals surface area (Å²) in [6, 6.07) is 9.66. The molecule has 2 N–H and O–H groups in total. The monoisotopic (exact) mass is 368 g/mol. The van der Waals surface area contributed by atoms with Crippen molar-refractivity contribution in [1.29, 1.82) is 0 Å². The molecule has 7 heteroatoms. The van der Waals surface area contributed by atoms with Crippen LogP contribution in [0.25, 0.3) is 0 Å². The average molecular weight is 368 g/mol. The molecular weight excluding hydrogens is 340 g/mol. The van der Waals surface area contributed by atoms with Crippen LogP contribution in [-0.2, 0) is 9.84 Å². The molecule has 1 saturated heterocycles. The van der Waals surface area contributed by atoms with Crippen LogP contribution in [0.5, 0.6) is 0 Å². The molecule has 1 aliphatic heterocycles. The lowest BCUT2D eigenvalue weighted by atomic mass is 9.93. The second kappa shape index (κ2) is 8.67. The molecule has 1 aromatic rings. The standard InChI is InChI=1S/C18H28N2O4S/c1-14(21)10-17(16-6-4-3-5-7-16)11-19-18(22)20-9-8-15(12-20)13-25(2,23)24/h3-7,14-15,17,21H,8-13H2,1-2H3,(H,19,22)/t14-,15+,17-/m0/s1. The van der Waals surface area contributed by atoms with Crippen LogP contribution in [0.1, 0.15) is 31.2 Å². The summed E-state index contributed by atoms with van der Waals surface area (Å²) in [4.78, 5) is 14.1. The number of likely N-dealkylation sites (tertiary alicyclic amines) is 1. The lowest BCUT2D eigenvalue weighted by Crippen LogP contribution is -2.40. The van der Waals surface area contributed by atoms with E-state index in [0.29, 0.717) is 26.1 Å². The Labute approximate surface area is 150 Å². The van der Waals surface area contributed by atoms with Gasteiger partial charge in [0.25, 0.3) is 0 Å². The van der Waals surface area contributed by atoms with E-state index in [-0.39, 0.29) is 23.6 Å². The maximum atomic E-state index is 12.4. The molecule has 6 nitrogen and oxygen atoms in total. The predicted octanol–water partition coefficient (Wildman–Crippen LogP) is 1.62. The number of aliphatic hydroxyl groups excluding tert-OH is 1. The second-order valence-electron chi connectivity index (χ2n) is 7.07. The largest absolute Gasteiger partial charge is 0.393 e. The van der Waals surface area contributed by atoms with Crippen LogP contribution >= 0.6 is 0 Å². The first-order chi connectivity index (χ1) is 11.7. The van der Waals surface area contributed by atoms with E-state index < -0.39 is 15.9 Å². The zero-order valence-corrected chi connectivity index (χ0v) is 15.7. The minimum atomic E-state index is -3.02. The molecule has 1 heterocycles. The van der Waals surface area contributed by atoms with E-state index in [9.17, 15) is 18.3 Å². The Bertz CT molecular complexity index is 661. The number of sulfone groups is 1. The predicted molar refractivity (Wildman–Crippen MR) is 98.3 cm³/mol. The minimum Gasteiger partial charge on any atom is -0.393 e. The van der Waals surface area contributed by atoms with Gasteiger partial charge in [-0.1, -0.05) is 30.3 Å². The van der Waals surface area contributed by atoms with Crippen molar-refractivity contribution in [2.24, 2.45) is 5.92 Å². The van der Waals surface area contributed by atoms with E-state index in [2.05, 4.69) is 5.32 Å². The Morgan fingerprint density at radius 3 is 2.64 bits per heavy atom. The number of nitrogens with zero attached hydrogens (tertiary/aromatic N) is 1. The maximum Gasteiger partial charge on any atom is 0.317 e. The molecule has 0 bridgehead atoms. The number of urea groups is 1. The number of rotatable bonds is 7. The highest BCUT2D eigenvalue weighted by atomic mass is 32.2. The molecule has 3 atom stereocenters. The van der Waals surface area contributed by atoms with Gasteiger partial charge in [-0.15, -0.1) is 0 Å².